The first kappa shape index (κ1) is 20.7. The SMILES string of the molecule is CN(C)CCN1CCOc2c(Cl)c(B3OC(C)(C)C(C)(C)O3)cc3ncnc1c23. The Morgan fingerprint density at radius 3 is 2.52 bits per heavy atom. The fourth-order valence-electron chi connectivity index (χ4n) is 3.59. The van der Waals surface area contributed by atoms with Gasteiger partial charge in [0.2, 0.25) is 0 Å². The van der Waals surface area contributed by atoms with Crippen molar-refractivity contribution in [1.29, 1.82) is 0 Å². The third-order valence-electron chi connectivity index (χ3n) is 6.06. The van der Waals surface area contributed by atoms with Crippen molar-refractivity contribution in [2.75, 3.05) is 45.2 Å². The van der Waals surface area contributed by atoms with Gasteiger partial charge in [-0.05, 0) is 47.9 Å². The van der Waals surface area contributed by atoms with E-state index in [1.54, 1.807) is 6.33 Å². The van der Waals surface area contributed by atoms with Crippen molar-refractivity contribution in [2.24, 2.45) is 0 Å². The Bertz CT molecular complexity index is 922. The fourth-order valence-corrected chi connectivity index (χ4v) is 3.88. The van der Waals surface area contributed by atoms with Crippen LogP contribution in [0.1, 0.15) is 27.7 Å². The zero-order valence-electron chi connectivity index (χ0n) is 18.0. The summed E-state index contributed by atoms with van der Waals surface area (Å²) < 4.78 is 18.6. The summed E-state index contributed by atoms with van der Waals surface area (Å²) in [7, 11) is 3.54. The second-order valence-corrected chi connectivity index (χ2v) is 9.31. The average molecular weight is 419 g/mol. The maximum Gasteiger partial charge on any atom is 0.496 e. The van der Waals surface area contributed by atoms with Gasteiger partial charge in [-0.1, -0.05) is 11.6 Å². The van der Waals surface area contributed by atoms with E-state index in [1.807, 2.05) is 33.8 Å². The van der Waals surface area contributed by atoms with Crippen LogP contribution >= 0.6 is 11.6 Å². The predicted octanol–water partition coefficient (Wildman–Crippen LogP) is 2.34. The lowest BCUT2D eigenvalue weighted by Gasteiger charge is -2.32. The summed E-state index contributed by atoms with van der Waals surface area (Å²) in [6, 6.07) is 1.94. The molecule has 29 heavy (non-hydrogen) atoms. The van der Waals surface area contributed by atoms with E-state index in [0.717, 1.165) is 41.8 Å². The first-order valence-electron chi connectivity index (χ1n) is 9.96. The number of likely N-dealkylation sites (N-methyl/N-ethyl adjacent to an activating group) is 1. The lowest BCUT2D eigenvalue weighted by molar-refractivity contribution is 0.00578. The lowest BCUT2D eigenvalue weighted by Crippen LogP contribution is -2.41. The van der Waals surface area contributed by atoms with Gasteiger partial charge >= 0.3 is 7.12 Å². The van der Waals surface area contributed by atoms with Gasteiger partial charge < -0.3 is 23.8 Å². The number of rotatable bonds is 4. The van der Waals surface area contributed by atoms with Crippen LogP contribution in [0.2, 0.25) is 5.02 Å². The van der Waals surface area contributed by atoms with Crippen molar-refractivity contribution in [2.45, 2.75) is 38.9 Å². The standard InChI is InChI=1S/C20H28BClN4O3/c1-19(2)20(3,4)29-21(28-19)13-11-14-15-17(16(13)22)27-10-9-26(8-7-25(5)6)18(15)24-12-23-14/h11-12H,7-10H2,1-6H3. The summed E-state index contributed by atoms with van der Waals surface area (Å²) in [5.74, 6) is 1.46. The van der Waals surface area contributed by atoms with Gasteiger partial charge in [0, 0.05) is 18.6 Å². The summed E-state index contributed by atoms with van der Waals surface area (Å²) in [5.41, 5.74) is 0.602. The highest BCUT2D eigenvalue weighted by Gasteiger charge is 2.52. The second kappa shape index (κ2) is 7.27. The maximum atomic E-state index is 6.84. The summed E-state index contributed by atoms with van der Waals surface area (Å²) in [6.07, 6.45) is 1.59. The van der Waals surface area contributed by atoms with E-state index in [4.69, 9.17) is 25.6 Å². The van der Waals surface area contributed by atoms with Gasteiger partial charge in [0.1, 0.15) is 18.8 Å². The Morgan fingerprint density at radius 1 is 1.17 bits per heavy atom. The van der Waals surface area contributed by atoms with Crippen LogP contribution in [0.3, 0.4) is 0 Å². The van der Waals surface area contributed by atoms with Gasteiger partial charge in [-0.25, -0.2) is 9.97 Å². The molecular weight excluding hydrogens is 391 g/mol. The molecule has 3 heterocycles. The Balaban J connectivity index is 1.80. The molecule has 1 saturated heterocycles. The molecular formula is C20H28BClN4O3. The van der Waals surface area contributed by atoms with Crippen LogP contribution in [0.15, 0.2) is 12.4 Å². The van der Waals surface area contributed by atoms with Crippen molar-refractivity contribution in [1.82, 2.24) is 14.9 Å². The van der Waals surface area contributed by atoms with E-state index >= 15 is 0 Å². The smallest absolute Gasteiger partial charge is 0.489 e. The molecule has 1 aromatic heterocycles. The molecule has 1 fully saturated rings. The van der Waals surface area contributed by atoms with Crippen LogP contribution in [0.5, 0.6) is 5.75 Å². The second-order valence-electron chi connectivity index (χ2n) is 8.93. The zero-order valence-corrected chi connectivity index (χ0v) is 18.7. The number of anilines is 1. The molecule has 4 rings (SSSR count). The van der Waals surface area contributed by atoms with E-state index in [2.05, 4.69) is 33.9 Å². The van der Waals surface area contributed by atoms with Gasteiger partial charge in [0.05, 0.1) is 33.7 Å². The van der Waals surface area contributed by atoms with Gasteiger partial charge in [0.25, 0.3) is 0 Å². The summed E-state index contributed by atoms with van der Waals surface area (Å²) in [5, 5.41) is 1.34. The molecule has 0 spiro atoms. The minimum atomic E-state index is -0.580. The van der Waals surface area contributed by atoms with Crippen molar-refractivity contribution >= 4 is 40.9 Å². The molecule has 1 aromatic carbocycles. The van der Waals surface area contributed by atoms with Gasteiger partial charge in [-0.3, -0.25) is 0 Å². The highest BCUT2D eigenvalue weighted by Crippen LogP contribution is 2.41. The van der Waals surface area contributed by atoms with Crippen molar-refractivity contribution in [3.8, 4) is 5.75 Å². The number of halogens is 1. The molecule has 0 bridgehead atoms. The number of ether oxygens (including phenoxy) is 1. The van der Waals surface area contributed by atoms with Gasteiger partial charge in [-0.15, -0.1) is 0 Å². The number of aromatic nitrogens is 2. The van der Waals surface area contributed by atoms with Crippen molar-refractivity contribution in [3.63, 3.8) is 0 Å². The topological polar surface area (TPSA) is 60.0 Å². The number of hydrogen-bond acceptors (Lipinski definition) is 7. The zero-order chi connectivity index (χ0) is 21.0. The Kier molecular flexibility index (Phi) is 5.18. The molecule has 9 heteroatoms. The quantitative estimate of drug-likeness (QED) is 0.706. The summed E-state index contributed by atoms with van der Waals surface area (Å²) in [6.45, 7) is 11.1. The molecule has 0 amide bonds. The van der Waals surface area contributed by atoms with Crippen LogP contribution in [0.25, 0.3) is 10.9 Å². The molecule has 0 unspecified atom stereocenters. The number of hydrogen-bond donors (Lipinski definition) is 0. The first-order chi connectivity index (χ1) is 13.6. The van der Waals surface area contributed by atoms with Crippen LogP contribution in [0.4, 0.5) is 5.82 Å². The minimum absolute atomic E-state index is 0.454. The van der Waals surface area contributed by atoms with Crippen LogP contribution < -0.4 is 15.1 Å². The van der Waals surface area contributed by atoms with Crippen LogP contribution in [-0.2, 0) is 9.31 Å². The molecule has 2 aromatic rings. The predicted molar refractivity (Wildman–Crippen MR) is 117 cm³/mol. The Hall–Kier alpha value is -1.61. The molecule has 7 nitrogen and oxygen atoms in total. The summed E-state index contributed by atoms with van der Waals surface area (Å²) >= 11 is 6.84. The molecule has 0 radical (unpaired) electrons. The molecule has 2 aliphatic heterocycles. The normalized spacial score (nSPS) is 20.3. The Labute approximate surface area is 177 Å². The van der Waals surface area contributed by atoms with E-state index in [9.17, 15) is 0 Å². The maximum absolute atomic E-state index is 6.84. The van der Waals surface area contributed by atoms with E-state index in [0.29, 0.717) is 17.4 Å². The fraction of sp³-hybridized carbons (Fsp3) is 0.600. The van der Waals surface area contributed by atoms with E-state index in [-0.39, 0.29) is 0 Å². The molecule has 0 saturated carbocycles. The molecule has 2 aliphatic rings. The molecule has 0 aliphatic carbocycles. The van der Waals surface area contributed by atoms with Crippen molar-refractivity contribution < 1.29 is 14.0 Å². The minimum Gasteiger partial charge on any atom is -0.489 e. The van der Waals surface area contributed by atoms with Crippen molar-refractivity contribution in [3.05, 3.63) is 17.4 Å². The highest BCUT2D eigenvalue weighted by atomic mass is 35.5. The van der Waals surface area contributed by atoms with Crippen LogP contribution in [0, 0.1) is 0 Å². The monoisotopic (exact) mass is 418 g/mol. The third-order valence-corrected chi connectivity index (χ3v) is 6.45. The number of benzene rings is 1. The first-order valence-corrected chi connectivity index (χ1v) is 10.3. The van der Waals surface area contributed by atoms with E-state index in [1.165, 1.54) is 0 Å². The molecule has 156 valence electrons. The largest absolute Gasteiger partial charge is 0.496 e. The van der Waals surface area contributed by atoms with Gasteiger partial charge in [0.15, 0.2) is 5.75 Å². The summed E-state index contributed by atoms with van der Waals surface area (Å²) in [4.78, 5) is 13.4. The average Bonchev–Trinajstić information content (AvgIpc) is 2.77. The Morgan fingerprint density at radius 2 is 1.86 bits per heavy atom. The van der Waals surface area contributed by atoms with Gasteiger partial charge in [-0.2, -0.15) is 0 Å². The van der Waals surface area contributed by atoms with E-state index < -0.39 is 18.3 Å². The lowest BCUT2D eigenvalue weighted by atomic mass is 9.78. The highest BCUT2D eigenvalue weighted by molar-refractivity contribution is 6.66. The molecule has 0 atom stereocenters. The third kappa shape index (κ3) is 3.56. The molecule has 0 N–H and O–H groups in total. The van der Waals surface area contributed by atoms with Crippen LogP contribution in [-0.4, -0.2) is 73.5 Å². The number of nitrogens with zero attached hydrogens (tertiary/aromatic N) is 4.